The summed E-state index contributed by atoms with van der Waals surface area (Å²) in [5.74, 6) is -2.47. The zero-order chi connectivity index (χ0) is 57.2. The van der Waals surface area contributed by atoms with Crippen LogP contribution in [0, 0.1) is 12.3 Å². The van der Waals surface area contributed by atoms with Gasteiger partial charge in [0.05, 0.1) is 43.5 Å². The van der Waals surface area contributed by atoms with Crippen LogP contribution in [0.5, 0.6) is 0 Å². The average Bonchev–Trinajstić information content (AvgIpc) is 3.97. The standard InChI is InChI=1S/C28H26F6NOP.C16H17NO5.C15H17NO3/c1-17-5-10-20(11-6-17)37(21-12-7-18(8-13-21)27(29,30)31)23-14-9-19(28(32,33)34)15-22(23)25-35-24(16-36-25)26(2,3)4;1-3-10-21-15(20)16(2)14(19)17(9-11-22-16)13(18)12-7-5-4-6-8-12;1-3-9-15(2)14(18)16(10-11-19-15)13(17)12-7-5-4-6-8-12/h5-15,24H,16H2,1-4H3;3-8H,1,9-11H2,2H3;3-8H,1,9-11H2,2H3/t24-,37?;;15-/m1.0/s1. The number of benzene rings is 5. The summed E-state index contributed by atoms with van der Waals surface area (Å²) in [6, 6.07) is 32.6. The first-order valence-electron chi connectivity index (χ1n) is 24.7. The molecule has 3 heterocycles. The van der Waals surface area contributed by atoms with E-state index in [0.29, 0.717) is 41.3 Å². The molecule has 2 fully saturated rings. The first kappa shape index (κ1) is 60.0. The van der Waals surface area contributed by atoms with Crippen LogP contribution < -0.4 is 15.9 Å². The molecule has 0 saturated carbocycles. The van der Waals surface area contributed by atoms with E-state index in [0.717, 1.165) is 40.0 Å². The molecule has 0 spiro atoms. The molecule has 19 heteroatoms. The molecule has 8 rings (SSSR count). The number of hydrogen-bond donors (Lipinski definition) is 0. The quantitative estimate of drug-likeness (QED) is 0.0316. The lowest BCUT2D eigenvalue weighted by Crippen LogP contribution is -2.61. The molecule has 5 aromatic rings. The van der Waals surface area contributed by atoms with Crippen LogP contribution in [0.15, 0.2) is 158 Å². The first-order chi connectivity index (χ1) is 36.7. The number of esters is 1. The SMILES string of the molecule is C=CCOC(=O)C1(C)OCCN(C(=O)c2ccccc2)C1=O.C=CC[C@]1(C)OCCN(C(=O)c2ccccc2)C1=O.Cc1ccc(P(c2ccc(C(F)(F)F)cc2)c2ccc(C(F)(F)F)cc2C2=N[C@@H](C(C)(C)C)CO2)cc1. The number of aliphatic imine (C=N–C) groups is 1. The minimum absolute atomic E-state index is 0.0301. The highest BCUT2D eigenvalue weighted by Gasteiger charge is 2.51. The summed E-state index contributed by atoms with van der Waals surface area (Å²) in [4.78, 5) is 68.6. The third kappa shape index (κ3) is 14.3. The van der Waals surface area contributed by atoms with E-state index in [-0.39, 0.29) is 61.1 Å². The normalized spacial score (nSPS) is 19.9. The molecule has 0 bridgehead atoms. The van der Waals surface area contributed by atoms with Crippen molar-refractivity contribution in [2.75, 3.05) is 39.5 Å². The molecule has 412 valence electrons. The molecule has 3 aliphatic rings. The molecule has 5 aromatic carbocycles. The van der Waals surface area contributed by atoms with Crippen molar-refractivity contribution in [2.24, 2.45) is 10.4 Å². The Balaban J connectivity index is 0.000000205. The van der Waals surface area contributed by atoms with E-state index >= 15 is 0 Å². The Morgan fingerprint density at radius 2 is 1.21 bits per heavy atom. The summed E-state index contributed by atoms with van der Waals surface area (Å²) in [6.07, 6.45) is -5.67. The number of ether oxygens (including phenoxy) is 4. The van der Waals surface area contributed by atoms with E-state index in [4.69, 9.17) is 18.9 Å². The molecular weight excluding hydrogens is 1040 g/mol. The number of amides is 4. The summed E-state index contributed by atoms with van der Waals surface area (Å²) in [7, 11) is -1.53. The van der Waals surface area contributed by atoms with Crippen molar-refractivity contribution in [2.45, 2.75) is 77.6 Å². The highest BCUT2D eigenvalue weighted by atomic mass is 31.1. The van der Waals surface area contributed by atoms with Crippen molar-refractivity contribution in [3.05, 3.63) is 186 Å². The van der Waals surface area contributed by atoms with Crippen LogP contribution in [0.25, 0.3) is 0 Å². The van der Waals surface area contributed by atoms with Gasteiger partial charge >= 0.3 is 18.3 Å². The van der Waals surface area contributed by atoms with Crippen LogP contribution in [-0.2, 0) is 45.7 Å². The van der Waals surface area contributed by atoms with Gasteiger partial charge < -0.3 is 18.9 Å². The number of hydrogen-bond acceptors (Lipinski definition) is 10. The van der Waals surface area contributed by atoms with Crippen LogP contribution in [0.2, 0.25) is 0 Å². The van der Waals surface area contributed by atoms with Crippen LogP contribution in [0.4, 0.5) is 26.3 Å². The van der Waals surface area contributed by atoms with Gasteiger partial charge in [0.25, 0.3) is 23.6 Å². The molecule has 3 aliphatic heterocycles. The molecule has 12 nitrogen and oxygen atoms in total. The fraction of sp³-hybridized carbons (Fsp3) is 0.322. The van der Waals surface area contributed by atoms with Gasteiger partial charge in [-0.25, -0.2) is 9.79 Å². The number of imide groups is 2. The molecule has 0 aromatic heterocycles. The Labute approximate surface area is 450 Å². The average molecular weight is 1100 g/mol. The zero-order valence-corrected chi connectivity index (χ0v) is 44.8. The minimum atomic E-state index is -4.59. The molecule has 0 radical (unpaired) electrons. The topological polar surface area (TPSA) is 141 Å². The number of nitrogens with zero attached hydrogens (tertiary/aromatic N) is 3. The van der Waals surface area contributed by atoms with Gasteiger partial charge in [0, 0.05) is 23.1 Å². The van der Waals surface area contributed by atoms with Gasteiger partial charge in [0.15, 0.2) is 0 Å². The van der Waals surface area contributed by atoms with Gasteiger partial charge in [-0.05, 0) is 98.6 Å². The lowest BCUT2D eigenvalue weighted by Gasteiger charge is -2.37. The highest BCUT2D eigenvalue weighted by Crippen LogP contribution is 2.40. The van der Waals surface area contributed by atoms with Gasteiger partial charge in [-0.2, -0.15) is 26.3 Å². The largest absolute Gasteiger partial charge is 0.475 e. The monoisotopic (exact) mass is 1100 g/mol. The van der Waals surface area contributed by atoms with Crippen molar-refractivity contribution in [1.82, 2.24) is 9.80 Å². The summed E-state index contributed by atoms with van der Waals surface area (Å²) >= 11 is 0. The third-order valence-electron chi connectivity index (χ3n) is 12.8. The number of morpholine rings is 2. The third-order valence-corrected chi connectivity index (χ3v) is 15.3. The smallest absolute Gasteiger partial charge is 0.416 e. The maximum Gasteiger partial charge on any atom is 0.416 e. The van der Waals surface area contributed by atoms with Crippen LogP contribution in [-0.4, -0.2) is 102 Å². The Hall–Kier alpha value is -7.27. The number of aryl methyl sites for hydroxylation is 1. The highest BCUT2D eigenvalue weighted by molar-refractivity contribution is 7.80. The Kier molecular flexibility index (Phi) is 19.2. The first-order valence-corrected chi connectivity index (χ1v) is 26.0. The Bertz CT molecular complexity index is 3000. The van der Waals surface area contributed by atoms with Gasteiger partial charge in [-0.3, -0.25) is 29.0 Å². The molecule has 4 atom stereocenters. The lowest BCUT2D eigenvalue weighted by molar-refractivity contribution is -0.186. The summed E-state index contributed by atoms with van der Waals surface area (Å²) < 4.78 is 102. The number of rotatable bonds is 11. The van der Waals surface area contributed by atoms with E-state index in [1.54, 1.807) is 67.6 Å². The molecule has 2 saturated heterocycles. The fourth-order valence-corrected chi connectivity index (χ4v) is 10.6. The predicted octanol–water partition coefficient (Wildman–Crippen LogP) is 10.2. The van der Waals surface area contributed by atoms with Crippen molar-refractivity contribution < 1.29 is 69.3 Å². The van der Waals surface area contributed by atoms with Crippen molar-refractivity contribution in [1.29, 1.82) is 0 Å². The van der Waals surface area contributed by atoms with Gasteiger partial charge in [0.1, 0.15) is 18.8 Å². The number of carbonyl (C=O) groups excluding carboxylic acids is 5. The van der Waals surface area contributed by atoms with Crippen LogP contribution >= 0.6 is 7.92 Å². The lowest BCUT2D eigenvalue weighted by atomic mass is 9.88. The van der Waals surface area contributed by atoms with E-state index < -0.39 is 60.4 Å². The van der Waals surface area contributed by atoms with Crippen LogP contribution in [0.1, 0.15) is 84.0 Å². The molecule has 4 amide bonds. The minimum Gasteiger partial charge on any atom is -0.475 e. The number of alkyl halides is 6. The summed E-state index contributed by atoms with van der Waals surface area (Å²) in [5.41, 5.74) is -2.63. The summed E-state index contributed by atoms with van der Waals surface area (Å²) in [5, 5.41) is 1.88. The summed E-state index contributed by atoms with van der Waals surface area (Å²) in [6.45, 7) is 18.9. The molecule has 78 heavy (non-hydrogen) atoms. The second-order valence-electron chi connectivity index (χ2n) is 19.7. The van der Waals surface area contributed by atoms with Crippen molar-refractivity contribution in [3.8, 4) is 0 Å². The maximum atomic E-state index is 13.7. The molecular formula is C59H60F6N3O9P. The van der Waals surface area contributed by atoms with Gasteiger partial charge in [-0.15, -0.1) is 6.58 Å². The van der Waals surface area contributed by atoms with Gasteiger partial charge in [0.2, 0.25) is 11.5 Å². The molecule has 0 aliphatic carbocycles. The number of halogens is 6. The van der Waals surface area contributed by atoms with Gasteiger partial charge in [-0.1, -0.05) is 124 Å². The second kappa shape index (κ2) is 25.0. The molecule has 2 unspecified atom stereocenters. The van der Waals surface area contributed by atoms with E-state index in [2.05, 4.69) is 18.2 Å². The predicted molar refractivity (Wildman–Crippen MR) is 285 cm³/mol. The Morgan fingerprint density at radius 3 is 1.69 bits per heavy atom. The number of carbonyl (C=O) groups is 5. The van der Waals surface area contributed by atoms with Crippen molar-refractivity contribution >= 4 is 59.3 Å². The zero-order valence-electron chi connectivity index (χ0n) is 44.0. The van der Waals surface area contributed by atoms with E-state index in [9.17, 15) is 50.3 Å². The van der Waals surface area contributed by atoms with E-state index in [1.807, 2.05) is 58.0 Å². The van der Waals surface area contributed by atoms with Crippen molar-refractivity contribution in [3.63, 3.8) is 0 Å². The maximum absolute atomic E-state index is 13.7. The van der Waals surface area contributed by atoms with Crippen LogP contribution in [0.3, 0.4) is 0 Å². The Morgan fingerprint density at radius 1 is 0.705 bits per heavy atom. The van der Waals surface area contributed by atoms with E-state index in [1.165, 1.54) is 36.1 Å². The second-order valence-corrected chi connectivity index (χ2v) is 21.9. The molecule has 0 N–H and O–H groups in total. The fourth-order valence-electron chi connectivity index (χ4n) is 8.24.